The molecule has 0 saturated carbocycles. The molecule has 0 saturated heterocycles. The van der Waals surface area contributed by atoms with Crippen molar-refractivity contribution in [2.45, 2.75) is 38.8 Å². The molecule has 6 nitrogen and oxygen atoms in total. The number of carbonyl (C=O) groups excluding carboxylic acids is 1. The second kappa shape index (κ2) is 5.55. The summed E-state index contributed by atoms with van der Waals surface area (Å²) in [5.74, 6) is -1.26. The summed E-state index contributed by atoms with van der Waals surface area (Å²) >= 11 is 0. The number of aliphatic carboxylic acids is 1. The third kappa shape index (κ3) is 5.21. The number of carboxylic acids is 1. The SMILES string of the molecule is CCC(C)(C)NC(=O)N[C@@H](CO)C(=O)O. The van der Waals surface area contributed by atoms with E-state index < -0.39 is 30.2 Å². The van der Waals surface area contributed by atoms with Crippen molar-refractivity contribution in [3.8, 4) is 0 Å². The van der Waals surface area contributed by atoms with Crippen LogP contribution in [0.4, 0.5) is 4.79 Å². The smallest absolute Gasteiger partial charge is 0.328 e. The maximum absolute atomic E-state index is 11.3. The van der Waals surface area contributed by atoms with E-state index in [2.05, 4.69) is 10.6 Å². The Morgan fingerprint density at radius 3 is 2.27 bits per heavy atom. The van der Waals surface area contributed by atoms with Gasteiger partial charge in [0.15, 0.2) is 6.04 Å². The van der Waals surface area contributed by atoms with Gasteiger partial charge < -0.3 is 20.8 Å². The Morgan fingerprint density at radius 1 is 1.40 bits per heavy atom. The average Bonchev–Trinajstić information content (AvgIpc) is 2.13. The summed E-state index contributed by atoms with van der Waals surface area (Å²) in [5, 5.41) is 22.0. The molecule has 15 heavy (non-hydrogen) atoms. The lowest BCUT2D eigenvalue weighted by atomic mass is 10.0. The molecule has 1 atom stereocenters. The molecule has 0 aromatic heterocycles. The Morgan fingerprint density at radius 2 is 1.93 bits per heavy atom. The Labute approximate surface area is 88.7 Å². The van der Waals surface area contributed by atoms with Crippen molar-refractivity contribution in [3.05, 3.63) is 0 Å². The molecule has 0 aliphatic rings. The van der Waals surface area contributed by atoms with Gasteiger partial charge in [0.25, 0.3) is 0 Å². The summed E-state index contributed by atoms with van der Waals surface area (Å²) in [7, 11) is 0. The lowest BCUT2D eigenvalue weighted by Crippen LogP contribution is -2.53. The van der Waals surface area contributed by atoms with Crippen molar-refractivity contribution in [1.82, 2.24) is 10.6 Å². The minimum Gasteiger partial charge on any atom is -0.480 e. The fourth-order valence-corrected chi connectivity index (χ4v) is 0.776. The predicted molar refractivity (Wildman–Crippen MR) is 54.5 cm³/mol. The van der Waals surface area contributed by atoms with Gasteiger partial charge in [0.2, 0.25) is 0 Å². The second-order valence-corrected chi connectivity index (χ2v) is 3.91. The Bertz CT molecular complexity index is 240. The Kier molecular flexibility index (Phi) is 5.07. The molecule has 0 unspecified atom stereocenters. The molecule has 0 spiro atoms. The van der Waals surface area contributed by atoms with Crippen LogP contribution >= 0.6 is 0 Å². The second-order valence-electron chi connectivity index (χ2n) is 3.91. The van der Waals surface area contributed by atoms with E-state index in [1.165, 1.54) is 0 Å². The summed E-state index contributed by atoms with van der Waals surface area (Å²) in [5.41, 5.74) is -0.400. The fourth-order valence-electron chi connectivity index (χ4n) is 0.776. The summed E-state index contributed by atoms with van der Waals surface area (Å²) in [6, 6.07) is -1.86. The minimum absolute atomic E-state index is 0.400. The van der Waals surface area contributed by atoms with Crippen molar-refractivity contribution < 1.29 is 19.8 Å². The highest BCUT2D eigenvalue weighted by Gasteiger charge is 2.22. The van der Waals surface area contributed by atoms with E-state index in [4.69, 9.17) is 10.2 Å². The standard InChI is InChI=1S/C9H18N2O4/c1-4-9(2,3)11-8(15)10-6(5-12)7(13)14/h6,12H,4-5H2,1-3H3,(H,13,14)(H2,10,11,15)/t6-/m0/s1. The van der Waals surface area contributed by atoms with Gasteiger partial charge in [-0.25, -0.2) is 9.59 Å². The van der Waals surface area contributed by atoms with E-state index in [0.29, 0.717) is 0 Å². The van der Waals surface area contributed by atoms with E-state index in [9.17, 15) is 9.59 Å². The lowest BCUT2D eigenvalue weighted by Gasteiger charge is -2.25. The molecular weight excluding hydrogens is 200 g/mol. The lowest BCUT2D eigenvalue weighted by molar-refractivity contribution is -0.140. The third-order valence-corrected chi connectivity index (χ3v) is 2.12. The molecule has 0 aliphatic heterocycles. The summed E-state index contributed by atoms with van der Waals surface area (Å²) in [6.07, 6.45) is 0.720. The summed E-state index contributed by atoms with van der Waals surface area (Å²) < 4.78 is 0. The third-order valence-electron chi connectivity index (χ3n) is 2.12. The first-order valence-corrected chi connectivity index (χ1v) is 4.74. The number of rotatable bonds is 5. The Balaban J connectivity index is 4.19. The highest BCUT2D eigenvalue weighted by molar-refractivity contribution is 5.82. The van der Waals surface area contributed by atoms with E-state index in [0.717, 1.165) is 6.42 Å². The van der Waals surface area contributed by atoms with E-state index in [1.54, 1.807) is 0 Å². The van der Waals surface area contributed by atoms with Crippen molar-refractivity contribution >= 4 is 12.0 Å². The van der Waals surface area contributed by atoms with Gasteiger partial charge in [0, 0.05) is 5.54 Å². The molecule has 0 aromatic rings. The van der Waals surface area contributed by atoms with Gasteiger partial charge in [-0.3, -0.25) is 0 Å². The van der Waals surface area contributed by atoms with Gasteiger partial charge in [-0.2, -0.15) is 0 Å². The fraction of sp³-hybridized carbons (Fsp3) is 0.778. The van der Waals surface area contributed by atoms with Crippen LogP contribution in [0.3, 0.4) is 0 Å². The average molecular weight is 218 g/mol. The summed E-state index contributed by atoms with van der Waals surface area (Å²) in [4.78, 5) is 21.8. The first-order valence-electron chi connectivity index (χ1n) is 4.74. The quantitative estimate of drug-likeness (QED) is 0.518. The van der Waals surface area contributed by atoms with Crippen LogP contribution in [-0.4, -0.2) is 40.4 Å². The van der Waals surface area contributed by atoms with E-state index in [1.807, 2.05) is 20.8 Å². The number of aliphatic hydroxyl groups excluding tert-OH is 1. The number of carbonyl (C=O) groups is 2. The molecule has 6 heteroatoms. The highest BCUT2D eigenvalue weighted by atomic mass is 16.4. The number of carboxylic acid groups (broad SMARTS) is 1. The van der Waals surface area contributed by atoms with Gasteiger partial charge in [0.1, 0.15) is 0 Å². The first kappa shape index (κ1) is 13.7. The molecule has 0 aliphatic carbocycles. The molecule has 0 heterocycles. The molecule has 0 radical (unpaired) electrons. The van der Waals surface area contributed by atoms with Crippen LogP contribution in [0, 0.1) is 0 Å². The normalized spacial score (nSPS) is 13.1. The molecule has 4 N–H and O–H groups in total. The summed E-state index contributed by atoms with van der Waals surface area (Å²) in [6.45, 7) is 4.92. The van der Waals surface area contributed by atoms with Crippen molar-refractivity contribution in [1.29, 1.82) is 0 Å². The zero-order valence-corrected chi connectivity index (χ0v) is 9.20. The molecule has 0 bridgehead atoms. The molecule has 88 valence electrons. The number of nitrogens with one attached hydrogen (secondary N) is 2. The largest absolute Gasteiger partial charge is 0.480 e. The van der Waals surface area contributed by atoms with Gasteiger partial charge in [-0.05, 0) is 20.3 Å². The Hall–Kier alpha value is -1.30. The molecule has 0 aromatic carbocycles. The van der Waals surface area contributed by atoms with Crippen LogP contribution < -0.4 is 10.6 Å². The minimum atomic E-state index is -1.27. The number of hydrogen-bond acceptors (Lipinski definition) is 3. The molecule has 2 amide bonds. The monoisotopic (exact) mass is 218 g/mol. The highest BCUT2D eigenvalue weighted by Crippen LogP contribution is 2.06. The molecule has 0 rings (SSSR count). The van der Waals surface area contributed by atoms with Crippen LogP contribution in [-0.2, 0) is 4.79 Å². The van der Waals surface area contributed by atoms with Gasteiger partial charge in [-0.15, -0.1) is 0 Å². The maximum atomic E-state index is 11.3. The predicted octanol–water partition coefficient (Wildman–Crippen LogP) is -0.0803. The topological polar surface area (TPSA) is 98.7 Å². The molecular formula is C9H18N2O4. The van der Waals surface area contributed by atoms with Crippen molar-refractivity contribution in [2.75, 3.05) is 6.61 Å². The maximum Gasteiger partial charge on any atom is 0.328 e. The van der Waals surface area contributed by atoms with E-state index in [-0.39, 0.29) is 0 Å². The van der Waals surface area contributed by atoms with Crippen LogP contribution in [0.25, 0.3) is 0 Å². The van der Waals surface area contributed by atoms with Crippen LogP contribution in [0.15, 0.2) is 0 Å². The first-order chi connectivity index (χ1) is 6.82. The number of hydrogen-bond donors (Lipinski definition) is 4. The van der Waals surface area contributed by atoms with Crippen molar-refractivity contribution in [3.63, 3.8) is 0 Å². The van der Waals surface area contributed by atoms with E-state index >= 15 is 0 Å². The van der Waals surface area contributed by atoms with Crippen LogP contribution in [0.5, 0.6) is 0 Å². The number of aliphatic hydroxyl groups is 1. The number of urea groups is 1. The zero-order valence-electron chi connectivity index (χ0n) is 9.20. The zero-order chi connectivity index (χ0) is 12.1. The molecule has 0 fully saturated rings. The van der Waals surface area contributed by atoms with Gasteiger partial charge in [0.05, 0.1) is 6.61 Å². The van der Waals surface area contributed by atoms with Gasteiger partial charge in [-0.1, -0.05) is 6.92 Å². The van der Waals surface area contributed by atoms with Gasteiger partial charge >= 0.3 is 12.0 Å². The van der Waals surface area contributed by atoms with Crippen LogP contribution in [0.1, 0.15) is 27.2 Å². The van der Waals surface area contributed by atoms with Crippen LogP contribution in [0.2, 0.25) is 0 Å². The number of amides is 2. The van der Waals surface area contributed by atoms with Crippen molar-refractivity contribution in [2.24, 2.45) is 0 Å².